The van der Waals surface area contributed by atoms with Crippen molar-refractivity contribution in [2.75, 3.05) is 17.7 Å². The number of anilines is 2. The second-order valence-corrected chi connectivity index (χ2v) is 4.99. The van der Waals surface area contributed by atoms with E-state index in [9.17, 15) is 4.79 Å². The molecule has 0 aliphatic carbocycles. The molecule has 0 radical (unpaired) electrons. The Kier molecular flexibility index (Phi) is 3.78. The maximum Gasteiger partial charge on any atom is 0.286 e. The highest BCUT2D eigenvalue weighted by Gasteiger charge is 2.13. The van der Waals surface area contributed by atoms with Gasteiger partial charge in [0, 0.05) is 17.8 Å². The normalized spacial score (nSPS) is 10.2. The van der Waals surface area contributed by atoms with E-state index in [2.05, 4.69) is 20.8 Å². The van der Waals surface area contributed by atoms with Gasteiger partial charge in [-0.2, -0.15) is 0 Å². The number of hydrogen-bond acceptors (Lipinski definition) is 5. The summed E-state index contributed by atoms with van der Waals surface area (Å²) in [7, 11) is 1.73. The van der Waals surface area contributed by atoms with E-state index in [1.54, 1.807) is 19.2 Å². The van der Waals surface area contributed by atoms with Gasteiger partial charge in [-0.1, -0.05) is 29.0 Å². The predicted octanol–water partition coefficient (Wildman–Crippen LogP) is 2.79. The molecule has 94 valence electrons. The Labute approximate surface area is 113 Å². The SMILES string of the molecule is CNc1nnc(C(=O)Nc2cc(Cl)ccc2C)s1. The Morgan fingerprint density at radius 2 is 2.17 bits per heavy atom. The van der Waals surface area contributed by atoms with Crippen LogP contribution in [-0.2, 0) is 0 Å². The van der Waals surface area contributed by atoms with E-state index in [0.717, 1.165) is 5.56 Å². The number of carbonyl (C=O) groups excluding carboxylic acids is 1. The van der Waals surface area contributed by atoms with Crippen molar-refractivity contribution in [2.24, 2.45) is 0 Å². The molecule has 0 fully saturated rings. The summed E-state index contributed by atoms with van der Waals surface area (Å²) >= 11 is 7.08. The van der Waals surface area contributed by atoms with E-state index in [4.69, 9.17) is 11.6 Å². The first kappa shape index (κ1) is 12.8. The molecule has 2 N–H and O–H groups in total. The van der Waals surface area contributed by atoms with E-state index in [1.165, 1.54) is 11.3 Å². The minimum atomic E-state index is -0.292. The number of amides is 1. The zero-order valence-electron chi connectivity index (χ0n) is 9.82. The van der Waals surface area contributed by atoms with Crippen LogP contribution in [-0.4, -0.2) is 23.2 Å². The maximum atomic E-state index is 11.9. The van der Waals surface area contributed by atoms with Gasteiger partial charge in [0.25, 0.3) is 5.91 Å². The molecule has 7 heteroatoms. The predicted molar refractivity (Wildman–Crippen MR) is 73.6 cm³/mol. The molecule has 0 saturated heterocycles. The lowest BCUT2D eigenvalue weighted by Gasteiger charge is -2.06. The smallest absolute Gasteiger partial charge is 0.286 e. The molecule has 2 aromatic rings. The summed E-state index contributed by atoms with van der Waals surface area (Å²) in [4.78, 5) is 11.9. The number of nitrogens with one attached hydrogen (secondary N) is 2. The van der Waals surface area contributed by atoms with Crippen molar-refractivity contribution in [3.8, 4) is 0 Å². The van der Waals surface area contributed by atoms with Crippen molar-refractivity contribution < 1.29 is 4.79 Å². The Hall–Kier alpha value is -1.66. The Morgan fingerprint density at radius 1 is 1.39 bits per heavy atom. The van der Waals surface area contributed by atoms with Crippen LogP contribution in [0.2, 0.25) is 5.02 Å². The number of rotatable bonds is 3. The van der Waals surface area contributed by atoms with E-state index in [0.29, 0.717) is 20.8 Å². The molecular weight excluding hydrogens is 272 g/mol. The number of benzene rings is 1. The summed E-state index contributed by atoms with van der Waals surface area (Å²) in [6.07, 6.45) is 0. The molecule has 1 aromatic heterocycles. The molecule has 0 bridgehead atoms. The van der Waals surface area contributed by atoms with Crippen LogP contribution in [0.25, 0.3) is 0 Å². The molecule has 0 aliphatic rings. The van der Waals surface area contributed by atoms with Gasteiger partial charge >= 0.3 is 0 Å². The van der Waals surface area contributed by atoms with Gasteiger partial charge in [0.05, 0.1) is 0 Å². The van der Waals surface area contributed by atoms with Gasteiger partial charge in [0.15, 0.2) is 0 Å². The molecule has 0 saturated carbocycles. The van der Waals surface area contributed by atoms with Crippen LogP contribution in [0.4, 0.5) is 10.8 Å². The molecule has 0 unspecified atom stereocenters. The summed E-state index contributed by atoms with van der Waals surface area (Å²) in [5, 5.41) is 14.7. The van der Waals surface area contributed by atoms with Crippen molar-refractivity contribution in [3.05, 3.63) is 33.8 Å². The minimum absolute atomic E-state index is 0.292. The molecular formula is C11H11ClN4OS. The van der Waals surface area contributed by atoms with Crippen LogP contribution in [0.5, 0.6) is 0 Å². The van der Waals surface area contributed by atoms with E-state index in [-0.39, 0.29) is 5.91 Å². The van der Waals surface area contributed by atoms with E-state index < -0.39 is 0 Å². The van der Waals surface area contributed by atoms with Crippen LogP contribution < -0.4 is 10.6 Å². The molecule has 0 aliphatic heterocycles. The van der Waals surface area contributed by atoms with Crippen LogP contribution in [0.3, 0.4) is 0 Å². The van der Waals surface area contributed by atoms with Crippen molar-refractivity contribution in [2.45, 2.75) is 6.92 Å². The number of carbonyl (C=O) groups is 1. The Balaban J connectivity index is 2.18. The highest BCUT2D eigenvalue weighted by atomic mass is 35.5. The Bertz CT molecular complexity index is 584. The summed E-state index contributed by atoms with van der Waals surface area (Å²) in [6.45, 7) is 1.89. The lowest BCUT2D eigenvalue weighted by Crippen LogP contribution is -2.12. The largest absolute Gasteiger partial charge is 0.363 e. The highest BCUT2D eigenvalue weighted by Crippen LogP contribution is 2.22. The zero-order chi connectivity index (χ0) is 13.1. The Morgan fingerprint density at radius 3 is 2.83 bits per heavy atom. The molecule has 1 aromatic carbocycles. The molecule has 18 heavy (non-hydrogen) atoms. The van der Waals surface area contributed by atoms with Gasteiger partial charge in [-0.05, 0) is 24.6 Å². The fraction of sp³-hybridized carbons (Fsp3) is 0.182. The molecule has 2 rings (SSSR count). The van der Waals surface area contributed by atoms with Crippen LogP contribution in [0.15, 0.2) is 18.2 Å². The fourth-order valence-electron chi connectivity index (χ4n) is 1.32. The second kappa shape index (κ2) is 5.32. The van der Waals surface area contributed by atoms with Crippen molar-refractivity contribution in [1.82, 2.24) is 10.2 Å². The summed E-state index contributed by atoms with van der Waals surface area (Å²) in [5.74, 6) is -0.292. The fourth-order valence-corrected chi connectivity index (χ4v) is 2.09. The quantitative estimate of drug-likeness (QED) is 0.908. The highest BCUT2D eigenvalue weighted by molar-refractivity contribution is 7.17. The van der Waals surface area contributed by atoms with E-state index in [1.807, 2.05) is 13.0 Å². The lowest BCUT2D eigenvalue weighted by molar-refractivity contribution is 0.102. The standard InChI is InChI=1S/C11H11ClN4OS/c1-6-3-4-7(12)5-8(6)14-9(17)10-15-16-11(13-2)18-10/h3-5H,1-2H3,(H,13,16)(H,14,17). The van der Waals surface area contributed by atoms with Crippen molar-refractivity contribution >= 4 is 39.7 Å². The molecule has 5 nitrogen and oxygen atoms in total. The van der Waals surface area contributed by atoms with Gasteiger partial charge in [-0.3, -0.25) is 4.79 Å². The molecule has 0 atom stereocenters. The maximum absolute atomic E-state index is 11.9. The average molecular weight is 283 g/mol. The van der Waals surface area contributed by atoms with Gasteiger partial charge in [0.2, 0.25) is 10.1 Å². The first-order chi connectivity index (χ1) is 8.60. The lowest BCUT2D eigenvalue weighted by atomic mass is 10.2. The first-order valence-corrected chi connectivity index (χ1v) is 6.38. The van der Waals surface area contributed by atoms with Gasteiger partial charge in [0.1, 0.15) is 0 Å². The van der Waals surface area contributed by atoms with Gasteiger partial charge in [-0.25, -0.2) is 0 Å². The number of aromatic nitrogens is 2. The van der Waals surface area contributed by atoms with Crippen LogP contribution in [0.1, 0.15) is 15.4 Å². The molecule has 1 heterocycles. The summed E-state index contributed by atoms with van der Waals surface area (Å²) in [5.41, 5.74) is 1.61. The molecule has 0 spiro atoms. The molecule has 1 amide bonds. The van der Waals surface area contributed by atoms with Gasteiger partial charge < -0.3 is 10.6 Å². The third-order valence-electron chi connectivity index (χ3n) is 2.28. The third kappa shape index (κ3) is 2.77. The van der Waals surface area contributed by atoms with Gasteiger partial charge in [-0.15, -0.1) is 10.2 Å². The van der Waals surface area contributed by atoms with E-state index >= 15 is 0 Å². The summed E-state index contributed by atoms with van der Waals surface area (Å²) in [6, 6.07) is 5.32. The summed E-state index contributed by atoms with van der Waals surface area (Å²) < 4.78 is 0. The monoisotopic (exact) mass is 282 g/mol. The second-order valence-electron chi connectivity index (χ2n) is 3.58. The topological polar surface area (TPSA) is 66.9 Å². The number of aryl methyl sites for hydroxylation is 1. The van der Waals surface area contributed by atoms with Crippen LogP contribution in [0, 0.1) is 6.92 Å². The zero-order valence-corrected chi connectivity index (χ0v) is 11.4. The van der Waals surface area contributed by atoms with Crippen molar-refractivity contribution in [1.29, 1.82) is 0 Å². The first-order valence-electron chi connectivity index (χ1n) is 5.19. The third-order valence-corrected chi connectivity index (χ3v) is 3.46. The van der Waals surface area contributed by atoms with Crippen LogP contribution >= 0.6 is 22.9 Å². The number of nitrogens with zero attached hydrogens (tertiary/aromatic N) is 2. The van der Waals surface area contributed by atoms with Crippen molar-refractivity contribution in [3.63, 3.8) is 0 Å². The number of hydrogen-bond donors (Lipinski definition) is 2. The minimum Gasteiger partial charge on any atom is -0.363 e. The average Bonchev–Trinajstić information content (AvgIpc) is 2.82. The number of halogens is 1.